The summed E-state index contributed by atoms with van der Waals surface area (Å²) in [6.07, 6.45) is -5.02. The summed E-state index contributed by atoms with van der Waals surface area (Å²) < 4.78 is 53.1. The first-order chi connectivity index (χ1) is 9.25. The van der Waals surface area contributed by atoms with Gasteiger partial charge in [0.2, 0.25) is 5.60 Å². The van der Waals surface area contributed by atoms with Gasteiger partial charge in [-0.05, 0) is 29.8 Å². The minimum atomic E-state index is -5.02. The van der Waals surface area contributed by atoms with Gasteiger partial charge in [0, 0.05) is 10.6 Å². The molecular formula is C14H9ClF4O. The summed E-state index contributed by atoms with van der Waals surface area (Å²) in [5.41, 5.74) is -4.39. The predicted molar refractivity (Wildman–Crippen MR) is 66.9 cm³/mol. The van der Waals surface area contributed by atoms with Crippen molar-refractivity contribution in [3.05, 3.63) is 70.5 Å². The molecule has 6 heteroatoms. The fourth-order valence-corrected chi connectivity index (χ4v) is 2.11. The molecule has 0 aliphatic rings. The predicted octanol–water partition coefficient (Wildman–Crippen LogP) is 4.28. The third-order valence-electron chi connectivity index (χ3n) is 2.90. The van der Waals surface area contributed by atoms with Gasteiger partial charge in [-0.2, -0.15) is 13.2 Å². The van der Waals surface area contributed by atoms with Crippen LogP contribution in [0.15, 0.2) is 48.5 Å². The summed E-state index contributed by atoms with van der Waals surface area (Å²) in [6.45, 7) is 0. The summed E-state index contributed by atoms with van der Waals surface area (Å²) in [4.78, 5) is 0. The summed E-state index contributed by atoms with van der Waals surface area (Å²) in [5.74, 6) is -0.868. The zero-order chi connectivity index (χ0) is 15.0. The largest absolute Gasteiger partial charge is 0.425 e. The van der Waals surface area contributed by atoms with Gasteiger partial charge in [0.05, 0.1) is 0 Å². The Kier molecular flexibility index (Phi) is 3.75. The van der Waals surface area contributed by atoms with Crippen LogP contribution in [0.3, 0.4) is 0 Å². The molecule has 0 saturated carbocycles. The maximum atomic E-state index is 13.3. The number of rotatable bonds is 2. The Morgan fingerprint density at radius 2 is 1.45 bits per heavy atom. The molecule has 0 bridgehead atoms. The van der Waals surface area contributed by atoms with Crippen molar-refractivity contribution in [3.8, 4) is 0 Å². The van der Waals surface area contributed by atoms with Crippen LogP contribution < -0.4 is 0 Å². The molecule has 0 aliphatic heterocycles. The van der Waals surface area contributed by atoms with Gasteiger partial charge in [-0.25, -0.2) is 4.39 Å². The zero-order valence-electron chi connectivity index (χ0n) is 9.96. The average Bonchev–Trinajstić information content (AvgIpc) is 2.36. The van der Waals surface area contributed by atoms with Gasteiger partial charge in [0.25, 0.3) is 0 Å². The van der Waals surface area contributed by atoms with Crippen LogP contribution in [-0.4, -0.2) is 11.3 Å². The summed E-state index contributed by atoms with van der Waals surface area (Å²) >= 11 is 5.67. The number of halogens is 5. The van der Waals surface area contributed by atoms with Crippen LogP contribution >= 0.6 is 11.6 Å². The zero-order valence-corrected chi connectivity index (χ0v) is 10.7. The number of hydrogen-bond acceptors (Lipinski definition) is 1. The minimum Gasteiger partial charge on any atom is -0.372 e. The second-order valence-corrected chi connectivity index (χ2v) is 4.67. The summed E-state index contributed by atoms with van der Waals surface area (Å²) in [6, 6.07) is 8.52. The second-order valence-electron chi connectivity index (χ2n) is 4.23. The van der Waals surface area contributed by atoms with Crippen LogP contribution in [-0.2, 0) is 5.60 Å². The van der Waals surface area contributed by atoms with Crippen LogP contribution in [0.25, 0.3) is 0 Å². The Bertz CT molecular complexity index is 579. The molecule has 1 N–H and O–H groups in total. The van der Waals surface area contributed by atoms with Crippen molar-refractivity contribution in [2.45, 2.75) is 11.8 Å². The molecule has 0 amide bonds. The molecule has 2 aromatic carbocycles. The van der Waals surface area contributed by atoms with E-state index in [0.29, 0.717) is 6.07 Å². The SMILES string of the molecule is OC(c1cccc(F)c1)(c1cccc(Cl)c1)C(F)(F)F. The standard InChI is InChI=1S/C14H9ClF4O/c15-11-5-1-3-9(7-11)13(20,14(17,18)19)10-4-2-6-12(16)8-10/h1-8,20H. The van der Waals surface area contributed by atoms with Crippen molar-refractivity contribution in [2.75, 3.05) is 0 Å². The Balaban J connectivity index is 2.69. The molecule has 1 atom stereocenters. The quantitative estimate of drug-likeness (QED) is 0.821. The highest BCUT2D eigenvalue weighted by atomic mass is 35.5. The Labute approximate surface area is 117 Å². The lowest BCUT2D eigenvalue weighted by atomic mass is 9.85. The Hall–Kier alpha value is -1.59. The molecular weight excluding hydrogens is 296 g/mol. The normalized spacial score (nSPS) is 14.9. The van der Waals surface area contributed by atoms with Gasteiger partial charge in [-0.3, -0.25) is 0 Å². The molecule has 0 heterocycles. The van der Waals surface area contributed by atoms with E-state index in [1.807, 2.05) is 0 Å². The second kappa shape index (κ2) is 5.07. The van der Waals surface area contributed by atoms with Gasteiger partial charge in [-0.1, -0.05) is 35.9 Å². The van der Waals surface area contributed by atoms with Crippen LogP contribution in [0.5, 0.6) is 0 Å². The van der Waals surface area contributed by atoms with Gasteiger partial charge >= 0.3 is 6.18 Å². The van der Waals surface area contributed by atoms with Crippen molar-refractivity contribution < 1.29 is 22.7 Å². The Morgan fingerprint density at radius 1 is 0.900 bits per heavy atom. The highest BCUT2D eigenvalue weighted by molar-refractivity contribution is 6.30. The van der Waals surface area contributed by atoms with E-state index < -0.39 is 28.7 Å². The molecule has 106 valence electrons. The molecule has 0 aromatic heterocycles. The van der Waals surface area contributed by atoms with E-state index in [1.165, 1.54) is 12.1 Å². The van der Waals surface area contributed by atoms with E-state index in [1.54, 1.807) is 0 Å². The number of alkyl halides is 3. The van der Waals surface area contributed by atoms with E-state index in [9.17, 15) is 22.7 Å². The topological polar surface area (TPSA) is 20.2 Å². The highest BCUT2D eigenvalue weighted by Crippen LogP contribution is 2.44. The number of aliphatic hydroxyl groups is 1. The third-order valence-corrected chi connectivity index (χ3v) is 3.13. The first kappa shape index (κ1) is 14.8. The van der Waals surface area contributed by atoms with Crippen molar-refractivity contribution in [1.29, 1.82) is 0 Å². The van der Waals surface area contributed by atoms with Crippen LogP contribution in [0.1, 0.15) is 11.1 Å². The van der Waals surface area contributed by atoms with Gasteiger partial charge in [0.15, 0.2) is 0 Å². The lowest BCUT2D eigenvalue weighted by molar-refractivity contribution is -0.248. The molecule has 0 radical (unpaired) electrons. The number of hydrogen-bond donors (Lipinski definition) is 1. The van der Waals surface area contributed by atoms with Crippen molar-refractivity contribution in [3.63, 3.8) is 0 Å². The van der Waals surface area contributed by atoms with Crippen LogP contribution in [0.4, 0.5) is 17.6 Å². The fourth-order valence-electron chi connectivity index (χ4n) is 1.92. The maximum Gasteiger partial charge on any atom is 0.425 e. The lowest BCUT2D eigenvalue weighted by Crippen LogP contribution is -2.43. The van der Waals surface area contributed by atoms with E-state index >= 15 is 0 Å². The van der Waals surface area contributed by atoms with E-state index in [-0.39, 0.29) is 5.02 Å². The smallest absolute Gasteiger partial charge is 0.372 e. The maximum absolute atomic E-state index is 13.3. The molecule has 0 fully saturated rings. The summed E-state index contributed by atoms with van der Waals surface area (Å²) in [7, 11) is 0. The fraction of sp³-hybridized carbons (Fsp3) is 0.143. The molecule has 2 aromatic rings. The lowest BCUT2D eigenvalue weighted by Gasteiger charge is -2.31. The molecule has 20 heavy (non-hydrogen) atoms. The van der Waals surface area contributed by atoms with Crippen LogP contribution in [0.2, 0.25) is 5.02 Å². The molecule has 0 saturated heterocycles. The molecule has 0 aliphatic carbocycles. The van der Waals surface area contributed by atoms with Gasteiger partial charge < -0.3 is 5.11 Å². The van der Waals surface area contributed by atoms with Gasteiger partial charge in [-0.15, -0.1) is 0 Å². The van der Waals surface area contributed by atoms with Gasteiger partial charge in [0.1, 0.15) is 5.82 Å². The van der Waals surface area contributed by atoms with Crippen molar-refractivity contribution >= 4 is 11.6 Å². The Morgan fingerprint density at radius 3 is 1.95 bits per heavy atom. The third kappa shape index (κ3) is 2.51. The molecule has 1 nitrogen and oxygen atoms in total. The minimum absolute atomic E-state index is 0.0431. The molecule has 0 spiro atoms. The highest BCUT2D eigenvalue weighted by Gasteiger charge is 2.56. The average molecular weight is 305 g/mol. The van der Waals surface area contributed by atoms with Crippen molar-refractivity contribution in [2.24, 2.45) is 0 Å². The molecule has 1 unspecified atom stereocenters. The first-order valence-corrected chi connectivity index (χ1v) is 5.94. The summed E-state index contributed by atoms with van der Waals surface area (Å²) in [5, 5.41) is 10.2. The number of benzene rings is 2. The van der Waals surface area contributed by atoms with Crippen LogP contribution in [0, 0.1) is 5.82 Å². The van der Waals surface area contributed by atoms with E-state index in [4.69, 9.17) is 11.6 Å². The first-order valence-electron chi connectivity index (χ1n) is 5.56. The van der Waals surface area contributed by atoms with E-state index in [2.05, 4.69) is 0 Å². The monoisotopic (exact) mass is 304 g/mol. The van der Waals surface area contributed by atoms with E-state index in [0.717, 1.165) is 30.3 Å². The van der Waals surface area contributed by atoms with Crippen molar-refractivity contribution in [1.82, 2.24) is 0 Å². The molecule has 2 rings (SSSR count).